The molecule has 2 N–H and O–H groups in total. The van der Waals surface area contributed by atoms with Crippen molar-refractivity contribution in [3.8, 4) is 11.1 Å². The van der Waals surface area contributed by atoms with Gasteiger partial charge in [0.25, 0.3) is 0 Å². The summed E-state index contributed by atoms with van der Waals surface area (Å²) in [5.74, 6) is -0.0515. The molecule has 0 saturated heterocycles. The van der Waals surface area contributed by atoms with Crippen molar-refractivity contribution in [2.45, 2.75) is 19.4 Å². The summed E-state index contributed by atoms with van der Waals surface area (Å²) >= 11 is 0. The Morgan fingerprint density at radius 2 is 1.78 bits per heavy atom. The summed E-state index contributed by atoms with van der Waals surface area (Å²) in [4.78, 5) is 12.5. The Hall–Kier alpha value is -2.89. The third-order valence-electron chi connectivity index (χ3n) is 4.84. The van der Waals surface area contributed by atoms with Crippen LogP contribution in [-0.4, -0.2) is 18.0 Å². The Morgan fingerprint density at radius 1 is 1.00 bits per heavy atom. The Kier molecular flexibility index (Phi) is 5.05. The molecule has 0 aromatic heterocycles. The minimum Gasteiger partial charge on any atom is -0.423 e. The molecule has 27 heavy (non-hydrogen) atoms. The molecule has 0 unspecified atom stereocenters. The number of carbonyl (C=O) groups excluding carboxylic acids is 1. The number of anilines is 1. The Balaban J connectivity index is 1.47. The molecule has 4 rings (SSSR count). The van der Waals surface area contributed by atoms with E-state index in [2.05, 4.69) is 5.32 Å². The molecule has 3 aromatic rings. The summed E-state index contributed by atoms with van der Waals surface area (Å²) in [6.45, 7) is 0.418. The van der Waals surface area contributed by atoms with Gasteiger partial charge in [-0.1, -0.05) is 66.7 Å². The lowest BCUT2D eigenvalue weighted by Crippen LogP contribution is -2.31. The van der Waals surface area contributed by atoms with Crippen LogP contribution < -0.4 is 10.8 Å². The summed E-state index contributed by atoms with van der Waals surface area (Å²) in [6, 6.07) is 23.6. The largest absolute Gasteiger partial charge is 0.492 e. The first kappa shape index (κ1) is 17.5. The minimum absolute atomic E-state index is 0.0515. The third kappa shape index (κ3) is 3.79. The minimum atomic E-state index is -0.891. The number of nitrogens with one attached hydrogen (secondary N) is 1. The molecule has 5 heteroatoms. The van der Waals surface area contributed by atoms with Crippen molar-refractivity contribution in [1.82, 2.24) is 0 Å². The maximum Gasteiger partial charge on any atom is 0.492 e. The maximum absolute atomic E-state index is 12.5. The van der Waals surface area contributed by atoms with Crippen LogP contribution in [-0.2, 0) is 22.5 Å². The molecule has 0 aliphatic carbocycles. The molecular formula is C22H20BNO3. The lowest BCUT2D eigenvalue weighted by molar-refractivity contribution is -0.116. The van der Waals surface area contributed by atoms with E-state index in [1.807, 2.05) is 72.8 Å². The first-order valence-electron chi connectivity index (χ1n) is 9.07. The number of amides is 1. The predicted molar refractivity (Wildman–Crippen MR) is 108 cm³/mol. The van der Waals surface area contributed by atoms with Gasteiger partial charge in [0.05, 0.1) is 6.61 Å². The van der Waals surface area contributed by atoms with Gasteiger partial charge >= 0.3 is 7.12 Å². The van der Waals surface area contributed by atoms with Crippen molar-refractivity contribution in [2.75, 3.05) is 5.32 Å². The second-order valence-electron chi connectivity index (χ2n) is 6.61. The van der Waals surface area contributed by atoms with Gasteiger partial charge in [0.2, 0.25) is 5.91 Å². The maximum atomic E-state index is 12.5. The summed E-state index contributed by atoms with van der Waals surface area (Å²) in [5.41, 5.74) is 5.63. The quantitative estimate of drug-likeness (QED) is 0.690. The van der Waals surface area contributed by atoms with E-state index in [0.717, 1.165) is 33.4 Å². The van der Waals surface area contributed by atoms with Crippen LogP contribution in [0.4, 0.5) is 5.69 Å². The molecule has 1 amide bonds. The van der Waals surface area contributed by atoms with Crippen molar-refractivity contribution < 1.29 is 14.5 Å². The zero-order valence-electron chi connectivity index (χ0n) is 14.9. The van der Waals surface area contributed by atoms with E-state index in [-0.39, 0.29) is 5.91 Å². The highest BCUT2D eigenvalue weighted by Crippen LogP contribution is 2.27. The van der Waals surface area contributed by atoms with Crippen molar-refractivity contribution in [3.05, 3.63) is 83.9 Å². The lowest BCUT2D eigenvalue weighted by Gasteiger charge is -2.12. The first-order chi connectivity index (χ1) is 13.2. The van der Waals surface area contributed by atoms with Gasteiger partial charge in [0.1, 0.15) is 0 Å². The third-order valence-corrected chi connectivity index (χ3v) is 4.84. The van der Waals surface area contributed by atoms with E-state index in [9.17, 15) is 9.82 Å². The molecule has 134 valence electrons. The van der Waals surface area contributed by atoms with Crippen molar-refractivity contribution >= 4 is 24.2 Å². The first-order valence-corrected chi connectivity index (χ1v) is 9.07. The number of para-hydroxylation sites is 1. The number of carbonyl (C=O) groups is 1. The number of hydrogen-bond acceptors (Lipinski definition) is 3. The molecule has 0 spiro atoms. The summed E-state index contributed by atoms with van der Waals surface area (Å²) in [7, 11) is -0.891. The monoisotopic (exact) mass is 357 g/mol. The van der Waals surface area contributed by atoms with E-state index in [4.69, 9.17) is 4.65 Å². The Labute approximate surface area is 159 Å². The van der Waals surface area contributed by atoms with E-state index < -0.39 is 7.12 Å². The number of fused-ring (bicyclic) bond motifs is 1. The van der Waals surface area contributed by atoms with Gasteiger partial charge in [-0.05, 0) is 34.6 Å². The number of aryl methyl sites for hydroxylation is 1. The fourth-order valence-corrected chi connectivity index (χ4v) is 3.50. The average molecular weight is 357 g/mol. The average Bonchev–Trinajstić information content (AvgIpc) is 3.09. The normalized spacial score (nSPS) is 12.7. The van der Waals surface area contributed by atoms with Crippen LogP contribution in [0, 0.1) is 0 Å². The van der Waals surface area contributed by atoms with Crippen LogP contribution >= 0.6 is 0 Å². The fraction of sp³-hybridized carbons (Fsp3) is 0.136. The van der Waals surface area contributed by atoms with Crippen molar-refractivity contribution in [1.29, 1.82) is 0 Å². The lowest BCUT2D eigenvalue weighted by atomic mass is 9.75. The second-order valence-corrected chi connectivity index (χ2v) is 6.61. The zero-order valence-corrected chi connectivity index (χ0v) is 14.9. The van der Waals surface area contributed by atoms with Gasteiger partial charge in [0.15, 0.2) is 0 Å². The summed E-state index contributed by atoms with van der Waals surface area (Å²) < 4.78 is 5.29. The van der Waals surface area contributed by atoms with Crippen molar-refractivity contribution in [3.63, 3.8) is 0 Å². The van der Waals surface area contributed by atoms with Gasteiger partial charge in [-0.15, -0.1) is 0 Å². The van der Waals surface area contributed by atoms with Crippen molar-refractivity contribution in [2.24, 2.45) is 0 Å². The van der Waals surface area contributed by atoms with Crippen LogP contribution in [0.25, 0.3) is 11.1 Å². The summed E-state index contributed by atoms with van der Waals surface area (Å²) in [5, 5.41) is 13.0. The number of rotatable bonds is 5. The highest BCUT2D eigenvalue weighted by Gasteiger charge is 2.29. The number of hydrogen-bond donors (Lipinski definition) is 2. The molecule has 4 nitrogen and oxygen atoms in total. The smallest absolute Gasteiger partial charge is 0.423 e. The molecule has 1 aliphatic heterocycles. The van der Waals surface area contributed by atoms with Crippen LogP contribution in [0.15, 0.2) is 72.8 Å². The van der Waals surface area contributed by atoms with Crippen LogP contribution in [0.2, 0.25) is 0 Å². The molecule has 0 bridgehead atoms. The van der Waals surface area contributed by atoms with Gasteiger partial charge in [-0.25, -0.2) is 0 Å². The van der Waals surface area contributed by atoms with Gasteiger partial charge in [0, 0.05) is 17.7 Å². The fourth-order valence-electron chi connectivity index (χ4n) is 3.50. The Bertz CT molecular complexity index is 959. The number of benzene rings is 3. The molecule has 1 aliphatic rings. The molecule has 0 fully saturated rings. The van der Waals surface area contributed by atoms with Crippen LogP contribution in [0.5, 0.6) is 0 Å². The topological polar surface area (TPSA) is 58.6 Å². The standard InChI is InChI=1S/C22H20BNO3/c25-21(14-13-17-9-6-10-18-15-27-23(26)22(17)18)24-20-12-5-4-11-19(20)16-7-2-1-3-8-16/h1-12,26H,13-15H2,(H,24,25). The van der Waals surface area contributed by atoms with E-state index in [0.29, 0.717) is 19.4 Å². The second kappa shape index (κ2) is 7.78. The zero-order chi connectivity index (χ0) is 18.6. The van der Waals surface area contributed by atoms with Gasteiger partial charge in [-0.2, -0.15) is 0 Å². The van der Waals surface area contributed by atoms with Gasteiger partial charge < -0.3 is 15.0 Å². The molecule has 1 heterocycles. The Morgan fingerprint density at radius 3 is 2.63 bits per heavy atom. The highest BCUT2D eigenvalue weighted by atomic mass is 16.5. The van der Waals surface area contributed by atoms with Crippen LogP contribution in [0.3, 0.4) is 0 Å². The molecule has 3 aromatic carbocycles. The molecule has 0 saturated carbocycles. The van der Waals surface area contributed by atoms with E-state index >= 15 is 0 Å². The molecular weight excluding hydrogens is 337 g/mol. The molecule has 0 radical (unpaired) electrons. The highest BCUT2D eigenvalue weighted by molar-refractivity contribution is 6.62. The van der Waals surface area contributed by atoms with E-state index in [1.54, 1.807) is 0 Å². The SMILES string of the molecule is O=C(CCc1cccc2c1B(O)OC2)Nc1ccccc1-c1ccccc1. The molecule has 0 atom stereocenters. The van der Waals surface area contributed by atoms with Gasteiger partial charge in [-0.3, -0.25) is 4.79 Å². The predicted octanol–water partition coefficient (Wildman–Crippen LogP) is 3.14. The summed E-state index contributed by atoms with van der Waals surface area (Å²) in [6.07, 6.45) is 0.898. The van der Waals surface area contributed by atoms with Crippen LogP contribution in [0.1, 0.15) is 17.5 Å². The van der Waals surface area contributed by atoms with E-state index in [1.165, 1.54) is 0 Å².